The molecule has 1 N–H and O–H groups in total. The quantitative estimate of drug-likeness (QED) is 0.650. The Balaban J connectivity index is 1.97. The summed E-state index contributed by atoms with van der Waals surface area (Å²) in [4.78, 5) is 8.20. The molecule has 104 valence electrons. The number of hydrogen-bond donors (Lipinski definition) is 1. The second-order valence-electron chi connectivity index (χ2n) is 5.58. The van der Waals surface area contributed by atoms with Gasteiger partial charge in [0.25, 0.3) is 0 Å². The largest absolute Gasteiger partial charge is 0.343 e. The zero-order valence-corrected chi connectivity index (χ0v) is 12.5. The van der Waals surface area contributed by atoms with Gasteiger partial charge in [0.15, 0.2) is 0 Å². The number of aromatic nitrogens is 2. The predicted molar refractivity (Wildman–Crippen MR) is 89.0 cm³/mol. The van der Waals surface area contributed by atoms with Crippen LogP contribution in [0.1, 0.15) is 24.1 Å². The van der Waals surface area contributed by atoms with Crippen molar-refractivity contribution in [3.8, 4) is 11.4 Å². The van der Waals surface area contributed by atoms with Gasteiger partial charge in [-0.05, 0) is 36.5 Å². The van der Waals surface area contributed by atoms with Gasteiger partial charge >= 0.3 is 0 Å². The maximum atomic E-state index is 5.52. The fraction of sp³-hybridized carbons (Fsp3) is 0.222. The summed E-state index contributed by atoms with van der Waals surface area (Å²) in [6.07, 6.45) is 4.60. The number of benzene rings is 2. The van der Waals surface area contributed by atoms with E-state index < -0.39 is 0 Å². The summed E-state index contributed by atoms with van der Waals surface area (Å²) in [5.41, 5.74) is 3.66. The summed E-state index contributed by atoms with van der Waals surface area (Å²) < 4.78 is 0.770. The van der Waals surface area contributed by atoms with Gasteiger partial charge in [-0.3, -0.25) is 0 Å². The van der Waals surface area contributed by atoms with Crippen molar-refractivity contribution in [2.24, 2.45) is 0 Å². The van der Waals surface area contributed by atoms with Crippen molar-refractivity contribution in [3.05, 3.63) is 58.4 Å². The number of rotatable bonds is 1. The Morgan fingerprint density at radius 3 is 2.71 bits per heavy atom. The van der Waals surface area contributed by atoms with Crippen molar-refractivity contribution in [2.45, 2.75) is 25.7 Å². The normalized spacial score (nSPS) is 14.1. The number of hydrogen-bond acceptors (Lipinski definition) is 2. The molecule has 21 heavy (non-hydrogen) atoms. The maximum Gasteiger partial charge on any atom is 0.139 e. The van der Waals surface area contributed by atoms with Gasteiger partial charge in [0.05, 0.1) is 0 Å². The summed E-state index contributed by atoms with van der Waals surface area (Å²) in [6.45, 7) is 0. The van der Waals surface area contributed by atoms with Crippen LogP contribution >= 0.6 is 12.2 Å². The van der Waals surface area contributed by atoms with Crippen LogP contribution in [0.15, 0.2) is 42.5 Å². The molecule has 0 atom stereocenters. The molecule has 0 amide bonds. The van der Waals surface area contributed by atoms with Crippen molar-refractivity contribution in [1.29, 1.82) is 0 Å². The highest BCUT2D eigenvalue weighted by Gasteiger charge is 2.14. The van der Waals surface area contributed by atoms with Gasteiger partial charge in [-0.1, -0.05) is 54.7 Å². The Hall–Kier alpha value is -2.00. The smallest absolute Gasteiger partial charge is 0.139 e. The SMILES string of the molecule is S=c1nc(-c2cccc3ccccc23)[nH]c2c1CCCC2. The van der Waals surface area contributed by atoms with E-state index in [-0.39, 0.29) is 0 Å². The Morgan fingerprint density at radius 2 is 1.76 bits per heavy atom. The Labute approximate surface area is 128 Å². The van der Waals surface area contributed by atoms with Gasteiger partial charge < -0.3 is 4.98 Å². The summed E-state index contributed by atoms with van der Waals surface area (Å²) in [7, 11) is 0. The van der Waals surface area contributed by atoms with E-state index >= 15 is 0 Å². The molecule has 4 rings (SSSR count). The van der Waals surface area contributed by atoms with E-state index in [0.717, 1.165) is 28.9 Å². The predicted octanol–water partition coefficient (Wildman–Crippen LogP) is 4.84. The number of nitrogens with zero attached hydrogens (tertiary/aromatic N) is 1. The molecule has 1 aromatic heterocycles. The van der Waals surface area contributed by atoms with Crippen molar-refractivity contribution in [2.75, 3.05) is 0 Å². The van der Waals surface area contributed by atoms with Gasteiger partial charge in [0, 0.05) is 16.8 Å². The average Bonchev–Trinajstić information content (AvgIpc) is 2.54. The lowest BCUT2D eigenvalue weighted by Crippen LogP contribution is -2.08. The van der Waals surface area contributed by atoms with Crippen LogP contribution in [0.4, 0.5) is 0 Å². The van der Waals surface area contributed by atoms with E-state index in [4.69, 9.17) is 12.2 Å². The van der Waals surface area contributed by atoms with Gasteiger partial charge in [-0.25, -0.2) is 4.98 Å². The molecular formula is C18H16N2S. The molecule has 0 unspecified atom stereocenters. The minimum Gasteiger partial charge on any atom is -0.343 e. The second kappa shape index (κ2) is 5.08. The minimum atomic E-state index is 0.770. The van der Waals surface area contributed by atoms with Gasteiger partial charge in [-0.15, -0.1) is 0 Å². The van der Waals surface area contributed by atoms with Crippen LogP contribution in [0.2, 0.25) is 0 Å². The van der Waals surface area contributed by atoms with E-state index in [1.165, 1.54) is 34.9 Å². The van der Waals surface area contributed by atoms with E-state index in [9.17, 15) is 0 Å². The zero-order chi connectivity index (χ0) is 14.2. The highest BCUT2D eigenvalue weighted by molar-refractivity contribution is 7.71. The van der Waals surface area contributed by atoms with Crippen LogP contribution in [-0.4, -0.2) is 9.97 Å². The topological polar surface area (TPSA) is 28.7 Å². The third-order valence-corrected chi connectivity index (χ3v) is 4.59. The summed E-state index contributed by atoms with van der Waals surface area (Å²) >= 11 is 5.52. The Kier molecular flexibility index (Phi) is 3.08. The van der Waals surface area contributed by atoms with Crippen molar-refractivity contribution in [1.82, 2.24) is 9.97 Å². The van der Waals surface area contributed by atoms with Gasteiger partial charge in [-0.2, -0.15) is 0 Å². The lowest BCUT2D eigenvalue weighted by Gasteiger charge is -2.17. The number of aromatic amines is 1. The molecule has 3 aromatic rings. The van der Waals surface area contributed by atoms with Gasteiger partial charge in [0.1, 0.15) is 10.5 Å². The summed E-state index contributed by atoms with van der Waals surface area (Å²) in [5, 5.41) is 2.45. The highest BCUT2D eigenvalue weighted by atomic mass is 32.1. The van der Waals surface area contributed by atoms with Crippen LogP contribution in [0.25, 0.3) is 22.2 Å². The first kappa shape index (κ1) is 12.7. The molecule has 1 heterocycles. The maximum absolute atomic E-state index is 5.52. The third-order valence-electron chi connectivity index (χ3n) is 4.25. The molecule has 0 aliphatic heterocycles. The molecule has 3 heteroatoms. The standard InChI is InChI=1S/C18H16N2S/c21-18-15-9-3-4-11-16(15)19-17(20-18)14-10-5-7-12-6-1-2-8-13(12)14/h1-2,5-8,10H,3-4,9,11H2,(H,19,20,21). The minimum absolute atomic E-state index is 0.770. The molecule has 2 aromatic carbocycles. The van der Waals surface area contributed by atoms with Crippen LogP contribution in [-0.2, 0) is 12.8 Å². The number of nitrogens with one attached hydrogen (secondary N) is 1. The molecule has 0 radical (unpaired) electrons. The van der Waals surface area contributed by atoms with Crippen molar-refractivity contribution >= 4 is 23.0 Å². The van der Waals surface area contributed by atoms with E-state index in [0.29, 0.717) is 0 Å². The number of fused-ring (bicyclic) bond motifs is 2. The fourth-order valence-electron chi connectivity index (χ4n) is 3.18. The first-order chi connectivity index (χ1) is 10.3. The molecule has 2 nitrogen and oxygen atoms in total. The van der Waals surface area contributed by atoms with Crippen LogP contribution < -0.4 is 0 Å². The third kappa shape index (κ3) is 2.18. The molecule has 0 bridgehead atoms. The molecule has 0 spiro atoms. The molecule has 1 aliphatic rings. The van der Waals surface area contributed by atoms with Crippen LogP contribution in [0.3, 0.4) is 0 Å². The van der Waals surface area contributed by atoms with E-state index in [1.54, 1.807) is 0 Å². The van der Waals surface area contributed by atoms with E-state index in [2.05, 4.69) is 52.4 Å². The Morgan fingerprint density at radius 1 is 0.952 bits per heavy atom. The number of aryl methyl sites for hydroxylation is 1. The molecule has 1 aliphatic carbocycles. The van der Waals surface area contributed by atoms with Crippen molar-refractivity contribution < 1.29 is 0 Å². The average molecular weight is 292 g/mol. The summed E-state index contributed by atoms with van der Waals surface area (Å²) in [5.74, 6) is 0.900. The van der Waals surface area contributed by atoms with Crippen molar-refractivity contribution in [3.63, 3.8) is 0 Å². The van der Waals surface area contributed by atoms with Crippen LogP contribution in [0.5, 0.6) is 0 Å². The van der Waals surface area contributed by atoms with Gasteiger partial charge in [0.2, 0.25) is 0 Å². The zero-order valence-electron chi connectivity index (χ0n) is 11.7. The lowest BCUT2D eigenvalue weighted by molar-refractivity contribution is 0.661. The Bertz CT molecular complexity index is 875. The highest BCUT2D eigenvalue weighted by Crippen LogP contribution is 2.28. The molecule has 0 fully saturated rings. The number of H-pyrrole nitrogens is 1. The van der Waals surface area contributed by atoms with Crippen LogP contribution in [0, 0.1) is 4.64 Å². The lowest BCUT2D eigenvalue weighted by atomic mass is 9.97. The second-order valence-corrected chi connectivity index (χ2v) is 5.97. The first-order valence-corrected chi connectivity index (χ1v) is 7.84. The summed E-state index contributed by atoms with van der Waals surface area (Å²) in [6, 6.07) is 14.7. The molecular weight excluding hydrogens is 276 g/mol. The molecule has 0 saturated heterocycles. The monoisotopic (exact) mass is 292 g/mol. The molecule has 0 saturated carbocycles. The first-order valence-electron chi connectivity index (χ1n) is 7.43. The van der Waals surface area contributed by atoms with E-state index in [1.807, 2.05) is 0 Å². The fourth-order valence-corrected chi connectivity index (χ4v) is 3.50.